The molecule has 27 heavy (non-hydrogen) atoms. The fourth-order valence-corrected chi connectivity index (χ4v) is 3.78. The van der Waals surface area contributed by atoms with E-state index in [1.165, 1.54) is 0 Å². The van der Waals surface area contributed by atoms with Crippen LogP contribution in [0.5, 0.6) is 5.75 Å². The number of carbonyl (C=O) groups excluding carboxylic acids is 1. The van der Waals surface area contributed by atoms with Crippen LogP contribution in [0.25, 0.3) is 0 Å². The molecule has 0 saturated carbocycles. The highest BCUT2D eigenvalue weighted by Gasteiger charge is 2.23. The zero-order chi connectivity index (χ0) is 18.4. The Bertz CT molecular complexity index is 799. The van der Waals surface area contributed by atoms with Gasteiger partial charge in [0.25, 0.3) is 0 Å². The fraction of sp³-hybridized carbons (Fsp3) is 0.300. The summed E-state index contributed by atoms with van der Waals surface area (Å²) < 4.78 is 5.78. The molecule has 7 heteroatoms. The summed E-state index contributed by atoms with van der Waals surface area (Å²) >= 11 is 7.61. The Morgan fingerprint density at radius 1 is 1.22 bits per heavy atom. The first kappa shape index (κ1) is 21.8. The molecule has 0 spiro atoms. The number of amidine groups is 1. The van der Waals surface area contributed by atoms with Crippen molar-refractivity contribution in [2.75, 3.05) is 30.3 Å². The number of para-hydroxylation sites is 2. The van der Waals surface area contributed by atoms with Gasteiger partial charge in [0.2, 0.25) is 0 Å². The lowest BCUT2D eigenvalue weighted by atomic mass is 10.1. The highest BCUT2D eigenvalue weighted by atomic mass is 79.9. The summed E-state index contributed by atoms with van der Waals surface area (Å²) in [5.41, 5.74) is 1.50. The van der Waals surface area contributed by atoms with Crippen LogP contribution in [0.2, 0.25) is 5.02 Å². The molecule has 0 N–H and O–H groups in total. The smallest absolute Gasteiger partial charge is 0.182 e. The molecule has 0 radical (unpaired) electrons. The second kappa shape index (κ2) is 10.7. The van der Waals surface area contributed by atoms with Crippen molar-refractivity contribution in [3.05, 3.63) is 59.1 Å². The Balaban J connectivity index is 0.00000261. The van der Waals surface area contributed by atoms with E-state index in [0.29, 0.717) is 17.2 Å². The zero-order valence-corrected chi connectivity index (χ0v) is 18.3. The molecule has 0 bridgehead atoms. The van der Waals surface area contributed by atoms with E-state index in [1.807, 2.05) is 36.1 Å². The average Bonchev–Trinajstić information content (AvgIpc) is 2.68. The topological polar surface area (TPSA) is 41.9 Å². The van der Waals surface area contributed by atoms with Gasteiger partial charge >= 0.3 is 0 Å². The molecule has 144 valence electrons. The number of hydrogen-bond donors (Lipinski definition) is 0. The van der Waals surface area contributed by atoms with Crippen molar-refractivity contribution in [2.45, 2.75) is 13.3 Å². The predicted octanol–water partition coefficient (Wildman–Crippen LogP) is 5.50. The van der Waals surface area contributed by atoms with Gasteiger partial charge < -0.3 is 9.64 Å². The van der Waals surface area contributed by atoms with Gasteiger partial charge in [0.05, 0.1) is 18.8 Å². The van der Waals surface area contributed by atoms with Crippen molar-refractivity contribution in [3.63, 3.8) is 0 Å². The third-order valence-corrected chi connectivity index (χ3v) is 5.29. The molecular weight excluding hydrogens is 448 g/mol. The van der Waals surface area contributed by atoms with E-state index < -0.39 is 0 Å². The van der Waals surface area contributed by atoms with Crippen LogP contribution in [0.3, 0.4) is 0 Å². The molecule has 0 fully saturated rings. The largest absolute Gasteiger partial charge is 0.492 e. The van der Waals surface area contributed by atoms with Gasteiger partial charge in [0.15, 0.2) is 11.0 Å². The van der Waals surface area contributed by atoms with Gasteiger partial charge in [0.1, 0.15) is 5.75 Å². The van der Waals surface area contributed by atoms with E-state index in [1.54, 1.807) is 36.0 Å². The molecule has 0 saturated heterocycles. The minimum Gasteiger partial charge on any atom is -0.492 e. The van der Waals surface area contributed by atoms with Gasteiger partial charge in [-0.3, -0.25) is 9.79 Å². The highest BCUT2D eigenvalue weighted by Crippen LogP contribution is 2.31. The Kier molecular flexibility index (Phi) is 8.67. The fourth-order valence-electron chi connectivity index (χ4n) is 2.70. The van der Waals surface area contributed by atoms with Gasteiger partial charge in [-0.05, 0) is 49.7 Å². The predicted molar refractivity (Wildman–Crippen MR) is 120 cm³/mol. The van der Waals surface area contributed by atoms with Crippen molar-refractivity contribution in [3.8, 4) is 5.75 Å². The molecule has 1 aliphatic heterocycles. The van der Waals surface area contributed by atoms with Crippen LogP contribution in [-0.4, -0.2) is 36.4 Å². The van der Waals surface area contributed by atoms with Crippen LogP contribution in [0.4, 0.5) is 5.69 Å². The van der Waals surface area contributed by atoms with E-state index in [4.69, 9.17) is 16.3 Å². The lowest BCUT2D eigenvalue weighted by molar-refractivity contribution is 0.100. The summed E-state index contributed by atoms with van der Waals surface area (Å²) in [5, 5.41) is 1.48. The summed E-state index contributed by atoms with van der Waals surface area (Å²) in [6.07, 6.45) is 1.06. The average molecular weight is 470 g/mol. The van der Waals surface area contributed by atoms with Crippen LogP contribution in [-0.2, 0) is 0 Å². The number of ether oxygens (including phenoxy) is 1. The first-order valence-electron chi connectivity index (χ1n) is 8.64. The van der Waals surface area contributed by atoms with Crippen molar-refractivity contribution in [1.82, 2.24) is 0 Å². The van der Waals surface area contributed by atoms with Crippen LogP contribution in [0.15, 0.2) is 53.5 Å². The molecular formula is C20H22BrClN2O2S. The van der Waals surface area contributed by atoms with Gasteiger partial charge in [-0.1, -0.05) is 35.5 Å². The number of rotatable bonds is 6. The van der Waals surface area contributed by atoms with Crippen molar-refractivity contribution in [2.24, 2.45) is 4.99 Å². The summed E-state index contributed by atoms with van der Waals surface area (Å²) in [6, 6.07) is 14.8. The highest BCUT2D eigenvalue weighted by molar-refractivity contribution is 8.93. The Labute approximate surface area is 179 Å². The number of halogens is 2. The van der Waals surface area contributed by atoms with E-state index in [2.05, 4.69) is 4.99 Å². The number of thioether (sulfide) groups is 1. The van der Waals surface area contributed by atoms with Crippen molar-refractivity contribution < 1.29 is 9.53 Å². The molecule has 0 aromatic heterocycles. The number of aliphatic imine (C=N–C) groups is 1. The number of benzene rings is 2. The zero-order valence-electron chi connectivity index (χ0n) is 15.1. The molecule has 1 aliphatic rings. The summed E-state index contributed by atoms with van der Waals surface area (Å²) in [7, 11) is 0. The standard InChI is InChI=1S/C20H21ClN2O2S.BrH/c1-2-25-19-7-4-3-6-17(19)23(20-22-12-5-13-26-20)14-18(24)15-8-10-16(21)11-9-15;/h3-4,6-11H,2,5,12-14H2,1H3;1H. The second-order valence-electron chi connectivity index (χ2n) is 5.78. The van der Waals surface area contributed by atoms with E-state index in [0.717, 1.165) is 35.3 Å². The summed E-state index contributed by atoms with van der Waals surface area (Å²) in [5.74, 6) is 1.77. The Morgan fingerprint density at radius 2 is 1.96 bits per heavy atom. The lowest BCUT2D eigenvalue weighted by Crippen LogP contribution is -2.36. The van der Waals surface area contributed by atoms with Gasteiger partial charge in [-0.2, -0.15) is 0 Å². The summed E-state index contributed by atoms with van der Waals surface area (Å²) in [4.78, 5) is 19.5. The molecule has 0 atom stereocenters. The van der Waals surface area contributed by atoms with Crippen molar-refractivity contribution >= 4 is 57.0 Å². The molecule has 4 nitrogen and oxygen atoms in total. The first-order valence-corrected chi connectivity index (χ1v) is 10.0. The van der Waals surface area contributed by atoms with Crippen LogP contribution in [0, 0.1) is 0 Å². The van der Waals surface area contributed by atoms with Crippen LogP contribution in [0.1, 0.15) is 23.7 Å². The normalized spacial score (nSPS) is 13.3. The molecule has 0 amide bonds. The lowest BCUT2D eigenvalue weighted by Gasteiger charge is -2.28. The van der Waals surface area contributed by atoms with Gasteiger partial charge in [-0.25, -0.2) is 0 Å². The second-order valence-corrected chi connectivity index (χ2v) is 7.28. The maximum atomic E-state index is 12.9. The van der Waals surface area contributed by atoms with Gasteiger partial charge in [0, 0.05) is 22.9 Å². The number of Topliss-reactive ketones (excluding diaryl/α,β-unsaturated/α-hetero) is 1. The maximum Gasteiger partial charge on any atom is 0.182 e. The molecule has 1 heterocycles. The number of carbonyl (C=O) groups is 1. The first-order chi connectivity index (χ1) is 12.7. The SMILES string of the molecule is Br.CCOc1ccccc1N(CC(=O)c1ccc(Cl)cc1)C1=NCCCS1. The van der Waals surface area contributed by atoms with Crippen LogP contribution < -0.4 is 9.64 Å². The van der Waals surface area contributed by atoms with E-state index in [9.17, 15) is 4.79 Å². The minimum absolute atomic E-state index is 0. The molecule has 2 aromatic carbocycles. The third kappa shape index (κ3) is 5.74. The molecule has 3 rings (SSSR count). The maximum absolute atomic E-state index is 12.9. The van der Waals surface area contributed by atoms with E-state index >= 15 is 0 Å². The summed E-state index contributed by atoms with van der Waals surface area (Å²) in [6.45, 7) is 3.50. The van der Waals surface area contributed by atoms with Gasteiger partial charge in [-0.15, -0.1) is 17.0 Å². The Hall–Kier alpha value is -1.50. The monoisotopic (exact) mass is 468 g/mol. The van der Waals surface area contributed by atoms with E-state index in [-0.39, 0.29) is 29.3 Å². The number of nitrogens with zero attached hydrogens (tertiary/aromatic N) is 2. The number of anilines is 1. The number of ketones is 1. The molecule has 0 unspecified atom stereocenters. The quantitative estimate of drug-likeness (QED) is 0.524. The van der Waals surface area contributed by atoms with Crippen molar-refractivity contribution in [1.29, 1.82) is 0 Å². The third-order valence-electron chi connectivity index (χ3n) is 3.94. The Morgan fingerprint density at radius 3 is 2.63 bits per heavy atom. The van der Waals surface area contributed by atoms with Crippen LogP contribution >= 0.6 is 40.3 Å². The molecule has 0 aliphatic carbocycles. The number of hydrogen-bond acceptors (Lipinski definition) is 5. The minimum atomic E-state index is 0. The molecule has 2 aromatic rings.